The van der Waals surface area contributed by atoms with Crippen LogP contribution in [0.25, 0.3) is 0 Å². The van der Waals surface area contributed by atoms with Crippen LogP contribution in [0.4, 0.5) is 0 Å². The summed E-state index contributed by atoms with van der Waals surface area (Å²) >= 11 is 0. The van der Waals surface area contributed by atoms with E-state index in [-0.39, 0.29) is 0 Å². The van der Waals surface area contributed by atoms with Crippen molar-refractivity contribution in [1.29, 1.82) is 0 Å². The fourth-order valence-corrected chi connectivity index (χ4v) is 3.89. The maximum atomic E-state index is 3.44. The van der Waals surface area contributed by atoms with Gasteiger partial charge in [-0.25, -0.2) is 0 Å². The van der Waals surface area contributed by atoms with Crippen LogP contribution < -0.4 is 5.32 Å². The maximum Gasteiger partial charge on any atom is 0.00671 e. The maximum absolute atomic E-state index is 3.44. The van der Waals surface area contributed by atoms with Gasteiger partial charge in [-0.3, -0.25) is 0 Å². The van der Waals surface area contributed by atoms with Crippen molar-refractivity contribution in [2.45, 2.75) is 64.3 Å². The van der Waals surface area contributed by atoms with Gasteiger partial charge in [0.1, 0.15) is 0 Å². The van der Waals surface area contributed by atoms with Gasteiger partial charge in [0, 0.05) is 19.1 Å². The zero-order valence-corrected chi connectivity index (χ0v) is 11.8. The number of hydrogen-bond acceptors (Lipinski definition) is 2. The molecule has 0 bridgehead atoms. The van der Waals surface area contributed by atoms with E-state index in [9.17, 15) is 0 Å². The molecule has 1 N–H and O–H groups in total. The number of hydrogen-bond donors (Lipinski definition) is 1. The third-order valence-corrected chi connectivity index (χ3v) is 4.95. The molecule has 2 rings (SSSR count). The minimum absolute atomic E-state index is 0.591. The number of nitrogens with one attached hydrogen (secondary N) is 1. The van der Waals surface area contributed by atoms with Crippen LogP contribution in [0.2, 0.25) is 0 Å². The van der Waals surface area contributed by atoms with E-state index in [1.54, 1.807) is 0 Å². The number of nitrogens with zero attached hydrogens (tertiary/aromatic N) is 1. The van der Waals surface area contributed by atoms with E-state index in [4.69, 9.17) is 0 Å². The van der Waals surface area contributed by atoms with Gasteiger partial charge in [-0.1, -0.05) is 25.7 Å². The summed E-state index contributed by atoms with van der Waals surface area (Å²) in [6.45, 7) is 6.34. The highest BCUT2D eigenvalue weighted by atomic mass is 15.2. The quantitative estimate of drug-likeness (QED) is 0.810. The van der Waals surface area contributed by atoms with Gasteiger partial charge >= 0.3 is 0 Å². The summed E-state index contributed by atoms with van der Waals surface area (Å²) in [6, 6.07) is 0.812. The smallest absolute Gasteiger partial charge is 0.00671 e. The van der Waals surface area contributed by atoms with Gasteiger partial charge in [-0.2, -0.15) is 0 Å². The molecule has 1 atom stereocenters. The molecule has 100 valence electrons. The molecular weight excluding hydrogens is 208 g/mol. The summed E-state index contributed by atoms with van der Waals surface area (Å²) in [7, 11) is 2.12. The largest absolute Gasteiger partial charge is 0.319 e. The van der Waals surface area contributed by atoms with Crippen LogP contribution in [0, 0.1) is 5.41 Å². The summed E-state index contributed by atoms with van der Waals surface area (Å²) < 4.78 is 0. The molecule has 1 aliphatic heterocycles. The van der Waals surface area contributed by atoms with Gasteiger partial charge in [0.2, 0.25) is 0 Å². The highest BCUT2D eigenvalue weighted by Gasteiger charge is 2.36. The van der Waals surface area contributed by atoms with E-state index in [1.807, 2.05) is 0 Å². The van der Waals surface area contributed by atoms with E-state index in [2.05, 4.69) is 24.2 Å². The first-order valence-electron chi connectivity index (χ1n) is 7.64. The Kier molecular flexibility index (Phi) is 4.87. The Morgan fingerprint density at radius 1 is 1.12 bits per heavy atom. The Balaban J connectivity index is 1.95. The Hall–Kier alpha value is -0.0800. The monoisotopic (exact) mass is 238 g/mol. The van der Waals surface area contributed by atoms with Gasteiger partial charge in [0.25, 0.3) is 0 Å². The highest BCUT2D eigenvalue weighted by molar-refractivity contribution is 4.90. The van der Waals surface area contributed by atoms with E-state index in [1.165, 1.54) is 71.0 Å². The second-order valence-corrected chi connectivity index (χ2v) is 6.41. The van der Waals surface area contributed by atoms with Crippen LogP contribution in [0.15, 0.2) is 0 Å². The fraction of sp³-hybridized carbons (Fsp3) is 1.00. The molecule has 0 aromatic carbocycles. The first kappa shape index (κ1) is 13.4. The molecule has 0 amide bonds. The van der Waals surface area contributed by atoms with Crippen LogP contribution in [-0.2, 0) is 0 Å². The number of rotatable bonds is 4. The molecular formula is C15H30N2. The Bertz CT molecular complexity index is 221. The molecule has 1 unspecified atom stereocenters. The highest BCUT2D eigenvalue weighted by Crippen LogP contribution is 2.39. The van der Waals surface area contributed by atoms with Gasteiger partial charge in [0.15, 0.2) is 0 Å². The molecule has 2 nitrogen and oxygen atoms in total. The van der Waals surface area contributed by atoms with Crippen molar-refractivity contribution in [3.05, 3.63) is 0 Å². The molecule has 1 saturated carbocycles. The molecule has 0 spiro atoms. The summed E-state index contributed by atoms with van der Waals surface area (Å²) in [4.78, 5) is 2.79. The summed E-state index contributed by atoms with van der Waals surface area (Å²) in [5.74, 6) is 0. The van der Waals surface area contributed by atoms with Crippen molar-refractivity contribution < 1.29 is 0 Å². The summed E-state index contributed by atoms with van der Waals surface area (Å²) in [5, 5.41) is 3.44. The van der Waals surface area contributed by atoms with E-state index in [0.29, 0.717) is 5.41 Å². The van der Waals surface area contributed by atoms with E-state index in [0.717, 1.165) is 6.04 Å². The average molecular weight is 238 g/mol. The van der Waals surface area contributed by atoms with E-state index < -0.39 is 0 Å². The molecule has 0 aromatic heterocycles. The summed E-state index contributed by atoms with van der Waals surface area (Å²) in [5.41, 5.74) is 0.591. The van der Waals surface area contributed by atoms with Gasteiger partial charge in [-0.15, -0.1) is 0 Å². The van der Waals surface area contributed by atoms with Crippen molar-refractivity contribution >= 4 is 0 Å². The Morgan fingerprint density at radius 2 is 1.88 bits per heavy atom. The van der Waals surface area contributed by atoms with Crippen molar-refractivity contribution in [2.75, 3.05) is 26.7 Å². The lowest BCUT2D eigenvalue weighted by Crippen LogP contribution is -2.45. The van der Waals surface area contributed by atoms with Gasteiger partial charge in [-0.05, 0) is 51.6 Å². The van der Waals surface area contributed by atoms with Crippen molar-refractivity contribution in [3.8, 4) is 0 Å². The molecule has 2 fully saturated rings. The van der Waals surface area contributed by atoms with Crippen LogP contribution in [0.1, 0.15) is 58.3 Å². The Labute approximate surface area is 107 Å². The SMILES string of the molecule is CNCC1(CN2CCCCCC2C)CCCC1. The Morgan fingerprint density at radius 3 is 2.59 bits per heavy atom. The molecule has 0 radical (unpaired) electrons. The second-order valence-electron chi connectivity index (χ2n) is 6.41. The standard InChI is InChI=1S/C15H30N2/c1-14-8-4-3-7-11-17(14)13-15(12-16-2)9-5-6-10-15/h14,16H,3-13H2,1-2H3. The first-order chi connectivity index (χ1) is 8.26. The first-order valence-corrected chi connectivity index (χ1v) is 7.64. The van der Waals surface area contributed by atoms with Crippen LogP contribution in [-0.4, -0.2) is 37.6 Å². The minimum Gasteiger partial charge on any atom is -0.319 e. The molecule has 1 saturated heterocycles. The van der Waals surface area contributed by atoms with Crippen molar-refractivity contribution in [1.82, 2.24) is 10.2 Å². The predicted molar refractivity (Wildman–Crippen MR) is 74.3 cm³/mol. The predicted octanol–water partition coefficient (Wildman–Crippen LogP) is 3.03. The van der Waals surface area contributed by atoms with Gasteiger partial charge < -0.3 is 10.2 Å². The van der Waals surface area contributed by atoms with Crippen LogP contribution in [0.3, 0.4) is 0 Å². The van der Waals surface area contributed by atoms with Crippen LogP contribution in [0.5, 0.6) is 0 Å². The van der Waals surface area contributed by atoms with E-state index >= 15 is 0 Å². The lowest BCUT2D eigenvalue weighted by molar-refractivity contribution is 0.119. The zero-order valence-electron chi connectivity index (χ0n) is 11.8. The number of likely N-dealkylation sites (tertiary alicyclic amines) is 1. The fourth-order valence-electron chi connectivity index (χ4n) is 3.89. The summed E-state index contributed by atoms with van der Waals surface area (Å²) in [6.07, 6.45) is 11.5. The molecule has 17 heavy (non-hydrogen) atoms. The lowest BCUT2D eigenvalue weighted by atomic mass is 9.85. The third kappa shape index (κ3) is 3.45. The second kappa shape index (κ2) is 6.19. The lowest BCUT2D eigenvalue weighted by Gasteiger charge is -2.38. The van der Waals surface area contributed by atoms with Gasteiger partial charge in [0.05, 0.1) is 0 Å². The average Bonchev–Trinajstić information content (AvgIpc) is 2.67. The minimum atomic E-state index is 0.591. The molecule has 1 heterocycles. The third-order valence-electron chi connectivity index (χ3n) is 4.95. The zero-order chi connectivity index (χ0) is 12.1. The topological polar surface area (TPSA) is 15.3 Å². The molecule has 1 aliphatic carbocycles. The van der Waals surface area contributed by atoms with Crippen LogP contribution >= 0.6 is 0 Å². The molecule has 2 aliphatic rings. The van der Waals surface area contributed by atoms with Crippen molar-refractivity contribution in [2.24, 2.45) is 5.41 Å². The molecule has 0 aromatic rings. The molecule has 2 heteroatoms. The normalized spacial score (nSPS) is 30.4. The van der Waals surface area contributed by atoms with Crippen molar-refractivity contribution in [3.63, 3.8) is 0 Å².